The molecule has 2 N–H and O–H groups in total. The van der Waals surface area contributed by atoms with Crippen LogP contribution in [0.15, 0.2) is 53.3 Å². The zero-order valence-corrected chi connectivity index (χ0v) is 12.4. The van der Waals surface area contributed by atoms with E-state index in [0.717, 1.165) is 5.39 Å². The quantitative estimate of drug-likeness (QED) is 0.608. The molecule has 0 saturated heterocycles. The molecule has 2 heterocycles. The number of nitrogens with one attached hydrogen (secondary N) is 2. The van der Waals surface area contributed by atoms with Crippen molar-refractivity contribution in [3.8, 4) is 0 Å². The number of anilines is 1. The summed E-state index contributed by atoms with van der Waals surface area (Å²) in [6.07, 6.45) is 0. The van der Waals surface area contributed by atoms with E-state index in [1.165, 1.54) is 22.6 Å². The van der Waals surface area contributed by atoms with Gasteiger partial charge in [-0.2, -0.15) is 5.10 Å². The van der Waals surface area contributed by atoms with Gasteiger partial charge in [-0.3, -0.25) is 0 Å². The Morgan fingerprint density at radius 3 is 2.62 bits per heavy atom. The Morgan fingerprint density at radius 2 is 1.83 bits per heavy atom. The maximum atomic E-state index is 13.8. The lowest BCUT2D eigenvalue weighted by Gasteiger charge is -2.12. The third kappa shape index (κ3) is 2.21. The third-order valence-corrected chi connectivity index (χ3v) is 3.92. The van der Waals surface area contributed by atoms with Crippen molar-refractivity contribution in [1.82, 2.24) is 14.6 Å². The molecule has 0 spiro atoms. The molecule has 0 unspecified atom stereocenters. The Labute approximate surface area is 134 Å². The molecule has 5 nitrogen and oxygen atoms in total. The van der Waals surface area contributed by atoms with Crippen LogP contribution in [-0.4, -0.2) is 14.6 Å². The smallest absolute Gasteiger partial charge is 0.348 e. The van der Waals surface area contributed by atoms with Crippen LogP contribution in [0.4, 0.5) is 14.5 Å². The van der Waals surface area contributed by atoms with Crippen LogP contribution in [0, 0.1) is 11.6 Å². The van der Waals surface area contributed by atoms with Crippen LogP contribution in [0.25, 0.3) is 16.6 Å². The van der Waals surface area contributed by atoms with Crippen LogP contribution in [0.2, 0.25) is 0 Å². The molecule has 0 saturated carbocycles. The lowest BCUT2D eigenvalue weighted by molar-refractivity contribution is 0.560. The van der Waals surface area contributed by atoms with Gasteiger partial charge >= 0.3 is 5.69 Å². The van der Waals surface area contributed by atoms with Gasteiger partial charge in [0.15, 0.2) is 5.65 Å². The lowest BCUT2D eigenvalue weighted by atomic mass is 10.1. The maximum Gasteiger partial charge on any atom is 0.348 e. The summed E-state index contributed by atoms with van der Waals surface area (Å²) in [7, 11) is 0. The number of benzene rings is 2. The van der Waals surface area contributed by atoms with Gasteiger partial charge in [0.25, 0.3) is 0 Å². The van der Waals surface area contributed by atoms with Gasteiger partial charge in [0, 0.05) is 29.2 Å². The van der Waals surface area contributed by atoms with Crippen LogP contribution in [0.3, 0.4) is 0 Å². The van der Waals surface area contributed by atoms with Crippen molar-refractivity contribution < 1.29 is 8.78 Å². The van der Waals surface area contributed by atoms with E-state index in [9.17, 15) is 13.6 Å². The van der Waals surface area contributed by atoms with Gasteiger partial charge in [-0.15, -0.1) is 0 Å². The number of rotatable bonds is 3. The number of para-hydroxylation sites is 1. The fraction of sp³-hybridized carbons (Fsp3) is 0.0588. The van der Waals surface area contributed by atoms with Crippen LogP contribution in [0.1, 0.15) is 5.56 Å². The number of aromatic nitrogens is 3. The molecule has 0 aliphatic carbocycles. The number of halogens is 2. The average Bonchev–Trinajstić information content (AvgIpc) is 2.95. The second kappa shape index (κ2) is 5.45. The summed E-state index contributed by atoms with van der Waals surface area (Å²) in [6.45, 7) is -0.0205. The standard InChI is InChI=1S/C17H12F2N4O/c18-12-5-3-6-13(19)11(12)9-20-14-8-16-21-22-17(24)23(16)15-7-2-1-4-10(14)15/h1-8,20H,9H2,(H,22,24). The van der Waals surface area contributed by atoms with Crippen LogP contribution in [0.5, 0.6) is 0 Å². The molecule has 2 aromatic heterocycles. The SMILES string of the molecule is O=c1[nH]nc2cc(NCc3c(F)cccc3F)c3ccccc3n12. The highest BCUT2D eigenvalue weighted by Crippen LogP contribution is 2.25. The molecule has 0 aliphatic heterocycles. The van der Waals surface area contributed by atoms with Crippen LogP contribution < -0.4 is 11.0 Å². The number of aromatic amines is 1. The van der Waals surface area contributed by atoms with Crippen LogP contribution in [-0.2, 0) is 6.54 Å². The Morgan fingerprint density at radius 1 is 1.08 bits per heavy atom. The first-order valence-corrected chi connectivity index (χ1v) is 7.31. The number of hydrogen-bond donors (Lipinski definition) is 2. The molecule has 2 aromatic carbocycles. The Balaban J connectivity index is 1.83. The summed E-state index contributed by atoms with van der Waals surface area (Å²) >= 11 is 0. The normalized spacial score (nSPS) is 11.2. The fourth-order valence-corrected chi connectivity index (χ4v) is 2.77. The molecule has 4 rings (SSSR count). The van der Waals surface area contributed by atoms with Crippen molar-refractivity contribution in [2.45, 2.75) is 6.54 Å². The number of H-pyrrole nitrogens is 1. The Hall–Kier alpha value is -3.22. The molecule has 4 aromatic rings. The van der Waals surface area contributed by atoms with E-state index in [-0.39, 0.29) is 17.8 Å². The molecule has 0 bridgehead atoms. The van der Waals surface area contributed by atoms with Gasteiger partial charge in [0.2, 0.25) is 0 Å². The van der Waals surface area contributed by atoms with Gasteiger partial charge in [0.05, 0.1) is 5.52 Å². The van der Waals surface area contributed by atoms with Gasteiger partial charge in [-0.05, 0) is 18.2 Å². The van der Waals surface area contributed by atoms with Crippen molar-refractivity contribution in [2.75, 3.05) is 5.32 Å². The monoisotopic (exact) mass is 326 g/mol. The number of fused-ring (bicyclic) bond motifs is 3. The summed E-state index contributed by atoms with van der Waals surface area (Å²) < 4.78 is 29.0. The molecule has 120 valence electrons. The van der Waals surface area contributed by atoms with Gasteiger partial charge in [-0.1, -0.05) is 24.3 Å². The predicted molar refractivity (Wildman–Crippen MR) is 87.0 cm³/mol. The second-order valence-corrected chi connectivity index (χ2v) is 5.35. The van der Waals surface area contributed by atoms with E-state index in [1.54, 1.807) is 12.1 Å². The van der Waals surface area contributed by atoms with Crippen molar-refractivity contribution in [3.05, 3.63) is 76.2 Å². The van der Waals surface area contributed by atoms with E-state index in [4.69, 9.17) is 0 Å². The molecule has 0 radical (unpaired) electrons. The Kier molecular flexibility index (Phi) is 3.26. The zero-order chi connectivity index (χ0) is 16.7. The van der Waals surface area contributed by atoms with Gasteiger partial charge in [0.1, 0.15) is 11.6 Å². The highest BCUT2D eigenvalue weighted by atomic mass is 19.1. The van der Waals surface area contributed by atoms with Gasteiger partial charge < -0.3 is 5.32 Å². The molecule has 7 heteroatoms. The second-order valence-electron chi connectivity index (χ2n) is 5.35. The highest BCUT2D eigenvalue weighted by molar-refractivity contribution is 5.94. The molecule has 0 amide bonds. The number of nitrogens with zero attached hydrogens (tertiary/aromatic N) is 2. The van der Waals surface area contributed by atoms with Crippen molar-refractivity contribution >= 4 is 22.2 Å². The Bertz CT molecular complexity index is 1100. The summed E-state index contributed by atoms with van der Waals surface area (Å²) in [5.41, 5.74) is 1.34. The highest BCUT2D eigenvalue weighted by Gasteiger charge is 2.12. The topological polar surface area (TPSA) is 62.2 Å². The van der Waals surface area contributed by atoms with Gasteiger partial charge in [-0.25, -0.2) is 23.1 Å². The molecule has 0 aliphatic rings. The van der Waals surface area contributed by atoms with E-state index >= 15 is 0 Å². The van der Waals surface area contributed by atoms with E-state index in [1.807, 2.05) is 18.2 Å². The van der Waals surface area contributed by atoms with E-state index in [2.05, 4.69) is 15.5 Å². The summed E-state index contributed by atoms with van der Waals surface area (Å²) in [5.74, 6) is -1.22. The van der Waals surface area contributed by atoms with Crippen molar-refractivity contribution in [1.29, 1.82) is 0 Å². The predicted octanol–water partition coefficient (Wildman–Crippen LogP) is 3.07. The largest absolute Gasteiger partial charge is 0.380 e. The molecule has 0 atom stereocenters. The first kappa shape index (κ1) is 14.4. The minimum Gasteiger partial charge on any atom is -0.380 e. The van der Waals surface area contributed by atoms with E-state index < -0.39 is 11.6 Å². The summed E-state index contributed by atoms with van der Waals surface area (Å²) in [4.78, 5) is 11.9. The summed E-state index contributed by atoms with van der Waals surface area (Å²) in [5, 5.41) is 10.1. The minimum atomic E-state index is -0.608. The third-order valence-electron chi connectivity index (χ3n) is 3.92. The fourth-order valence-electron chi connectivity index (χ4n) is 2.77. The molecule has 24 heavy (non-hydrogen) atoms. The first-order valence-electron chi connectivity index (χ1n) is 7.31. The first-order chi connectivity index (χ1) is 11.6. The minimum absolute atomic E-state index is 0.0205. The lowest BCUT2D eigenvalue weighted by Crippen LogP contribution is -2.11. The number of pyridine rings is 1. The zero-order valence-electron chi connectivity index (χ0n) is 12.4. The molecular weight excluding hydrogens is 314 g/mol. The average molecular weight is 326 g/mol. The maximum absolute atomic E-state index is 13.8. The van der Waals surface area contributed by atoms with Crippen molar-refractivity contribution in [3.63, 3.8) is 0 Å². The van der Waals surface area contributed by atoms with Crippen LogP contribution >= 0.6 is 0 Å². The summed E-state index contributed by atoms with van der Waals surface area (Å²) in [6, 6.07) is 12.7. The number of hydrogen-bond acceptors (Lipinski definition) is 3. The molecule has 0 fully saturated rings. The van der Waals surface area contributed by atoms with Crippen molar-refractivity contribution in [2.24, 2.45) is 0 Å². The van der Waals surface area contributed by atoms with E-state index in [0.29, 0.717) is 16.9 Å². The molecular formula is C17H12F2N4O.